The van der Waals surface area contributed by atoms with Crippen molar-refractivity contribution >= 4 is 23.2 Å². The molecule has 1 aromatic carbocycles. The second-order valence-electron chi connectivity index (χ2n) is 4.35. The van der Waals surface area contributed by atoms with E-state index in [0.29, 0.717) is 0 Å². The molecule has 0 aliphatic carbocycles. The van der Waals surface area contributed by atoms with Gasteiger partial charge in [0.15, 0.2) is 5.15 Å². The van der Waals surface area contributed by atoms with Gasteiger partial charge in [-0.15, -0.1) is 0 Å². The third-order valence-electron chi connectivity index (χ3n) is 2.70. The quantitative estimate of drug-likeness (QED) is 0.839. The van der Waals surface area contributed by atoms with Crippen molar-refractivity contribution in [1.29, 1.82) is 0 Å². The van der Waals surface area contributed by atoms with Crippen molar-refractivity contribution in [3.8, 4) is 0 Å². The Morgan fingerprint density at radius 3 is 2.62 bits per heavy atom. The van der Waals surface area contributed by atoms with Gasteiger partial charge in [0.1, 0.15) is 0 Å². The molecule has 0 radical (unpaired) electrons. The Kier molecular flexibility index (Phi) is 4.18. The third-order valence-corrected chi connectivity index (χ3v) is 3.00. The van der Waals surface area contributed by atoms with Crippen LogP contribution in [0.4, 0.5) is 18.9 Å². The summed E-state index contributed by atoms with van der Waals surface area (Å²) in [5.74, 6) is -0.891. The molecule has 0 spiro atoms. The zero-order valence-corrected chi connectivity index (χ0v) is 11.6. The Bertz CT molecular complexity index is 686. The van der Waals surface area contributed by atoms with Crippen molar-refractivity contribution in [2.24, 2.45) is 0 Å². The van der Waals surface area contributed by atoms with Crippen LogP contribution < -0.4 is 5.32 Å². The van der Waals surface area contributed by atoms with Gasteiger partial charge in [-0.1, -0.05) is 23.7 Å². The summed E-state index contributed by atoms with van der Waals surface area (Å²) in [6.07, 6.45) is -3.12. The molecule has 0 atom stereocenters. The molecule has 21 heavy (non-hydrogen) atoms. The van der Waals surface area contributed by atoms with Crippen LogP contribution in [0.1, 0.15) is 21.5 Å². The molecule has 1 aromatic heterocycles. The molecule has 0 aliphatic rings. The van der Waals surface area contributed by atoms with E-state index < -0.39 is 23.2 Å². The fourth-order valence-corrected chi connectivity index (χ4v) is 1.91. The van der Waals surface area contributed by atoms with Gasteiger partial charge in [-0.3, -0.25) is 4.79 Å². The molecule has 1 N–H and O–H groups in total. The van der Waals surface area contributed by atoms with Crippen molar-refractivity contribution < 1.29 is 18.0 Å². The van der Waals surface area contributed by atoms with E-state index in [1.165, 1.54) is 24.4 Å². The van der Waals surface area contributed by atoms with E-state index in [2.05, 4.69) is 10.3 Å². The maximum absolute atomic E-state index is 12.9. The standard InChI is InChI=1S/C14H10ClF3N2O/c1-8-6-11(12(15)19-7-8)20-13(21)9-4-2-3-5-10(9)14(16,17)18/h2-7H,1H3,(H,20,21). The molecular weight excluding hydrogens is 305 g/mol. The number of rotatable bonds is 2. The van der Waals surface area contributed by atoms with Crippen LogP contribution in [-0.2, 0) is 6.18 Å². The summed E-state index contributed by atoms with van der Waals surface area (Å²) in [5, 5.41) is 2.36. The van der Waals surface area contributed by atoms with Crippen LogP contribution >= 0.6 is 11.6 Å². The van der Waals surface area contributed by atoms with Gasteiger partial charge in [-0.05, 0) is 30.7 Å². The van der Waals surface area contributed by atoms with E-state index in [-0.39, 0.29) is 10.8 Å². The van der Waals surface area contributed by atoms with E-state index in [1.807, 2.05) is 0 Å². The first-order chi connectivity index (χ1) is 9.79. The van der Waals surface area contributed by atoms with Crippen LogP contribution in [-0.4, -0.2) is 10.9 Å². The fraction of sp³-hybridized carbons (Fsp3) is 0.143. The van der Waals surface area contributed by atoms with Gasteiger partial charge in [0.2, 0.25) is 0 Å². The summed E-state index contributed by atoms with van der Waals surface area (Å²) >= 11 is 5.81. The zero-order valence-electron chi connectivity index (χ0n) is 10.8. The van der Waals surface area contributed by atoms with Crippen molar-refractivity contribution in [2.45, 2.75) is 13.1 Å². The average molecular weight is 315 g/mol. The number of carbonyl (C=O) groups excluding carboxylic acids is 1. The topological polar surface area (TPSA) is 42.0 Å². The first-order valence-corrected chi connectivity index (χ1v) is 6.26. The van der Waals surface area contributed by atoms with Gasteiger partial charge in [-0.2, -0.15) is 13.2 Å². The minimum atomic E-state index is -4.61. The van der Waals surface area contributed by atoms with Crippen molar-refractivity contribution in [1.82, 2.24) is 4.98 Å². The molecule has 1 amide bonds. The van der Waals surface area contributed by atoms with Gasteiger partial charge in [-0.25, -0.2) is 4.98 Å². The highest BCUT2D eigenvalue weighted by Gasteiger charge is 2.34. The van der Waals surface area contributed by atoms with Crippen LogP contribution in [0.15, 0.2) is 36.5 Å². The molecule has 0 fully saturated rings. The zero-order chi connectivity index (χ0) is 15.6. The monoisotopic (exact) mass is 314 g/mol. The summed E-state index contributed by atoms with van der Waals surface area (Å²) in [6.45, 7) is 1.72. The second-order valence-corrected chi connectivity index (χ2v) is 4.71. The van der Waals surface area contributed by atoms with Crippen molar-refractivity contribution in [3.63, 3.8) is 0 Å². The molecule has 0 unspecified atom stereocenters. The molecule has 2 rings (SSSR count). The number of alkyl halides is 3. The van der Waals surface area contributed by atoms with E-state index in [0.717, 1.165) is 17.7 Å². The molecular formula is C14H10ClF3N2O. The van der Waals surface area contributed by atoms with Crippen molar-refractivity contribution in [2.75, 3.05) is 5.32 Å². The maximum atomic E-state index is 12.9. The lowest BCUT2D eigenvalue weighted by Gasteiger charge is -2.13. The molecule has 0 saturated carbocycles. The Hall–Kier alpha value is -2.08. The average Bonchev–Trinajstić information content (AvgIpc) is 2.42. The largest absolute Gasteiger partial charge is 0.417 e. The lowest BCUT2D eigenvalue weighted by atomic mass is 10.1. The highest BCUT2D eigenvalue weighted by atomic mass is 35.5. The maximum Gasteiger partial charge on any atom is 0.417 e. The SMILES string of the molecule is Cc1cnc(Cl)c(NC(=O)c2ccccc2C(F)(F)F)c1. The highest BCUT2D eigenvalue weighted by Crippen LogP contribution is 2.32. The highest BCUT2D eigenvalue weighted by molar-refractivity contribution is 6.32. The first-order valence-electron chi connectivity index (χ1n) is 5.89. The van der Waals surface area contributed by atoms with Gasteiger partial charge >= 0.3 is 6.18 Å². The number of carbonyl (C=O) groups is 1. The number of anilines is 1. The second kappa shape index (κ2) is 5.73. The summed E-state index contributed by atoms with van der Waals surface area (Å²) in [4.78, 5) is 15.9. The Morgan fingerprint density at radius 2 is 1.95 bits per heavy atom. The molecule has 7 heteroatoms. The van der Waals surface area contributed by atoms with Gasteiger partial charge in [0, 0.05) is 6.20 Å². The summed E-state index contributed by atoms with van der Waals surface area (Å²) in [6, 6.07) is 6.07. The number of benzene rings is 1. The number of nitrogens with one attached hydrogen (secondary N) is 1. The Balaban J connectivity index is 2.36. The van der Waals surface area contributed by atoms with Gasteiger partial charge < -0.3 is 5.32 Å². The number of hydrogen-bond acceptors (Lipinski definition) is 2. The molecule has 110 valence electrons. The third kappa shape index (κ3) is 3.52. The number of aromatic nitrogens is 1. The first kappa shape index (κ1) is 15.3. The molecule has 0 aliphatic heterocycles. The predicted molar refractivity (Wildman–Crippen MR) is 73.4 cm³/mol. The Labute approximate surface area is 123 Å². The number of aryl methyl sites for hydroxylation is 1. The normalized spacial score (nSPS) is 11.3. The van der Waals surface area contributed by atoms with Crippen LogP contribution in [0, 0.1) is 6.92 Å². The van der Waals surface area contributed by atoms with E-state index in [4.69, 9.17) is 11.6 Å². The summed E-state index contributed by atoms with van der Waals surface area (Å²) in [5.41, 5.74) is -0.584. The number of pyridine rings is 1. The fourth-order valence-electron chi connectivity index (χ4n) is 1.76. The number of hydrogen-bond donors (Lipinski definition) is 1. The molecule has 1 heterocycles. The van der Waals surface area contributed by atoms with Crippen molar-refractivity contribution in [3.05, 3.63) is 58.4 Å². The Morgan fingerprint density at radius 1 is 1.29 bits per heavy atom. The van der Waals surface area contributed by atoms with Crippen LogP contribution in [0.3, 0.4) is 0 Å². The minimum absolute atomic E-state index is 0.0124. The lowest BCUT2D eigenvalue weighted by Crippen LogP contribution is -2.19. The molecule has 0 saturated heterocycles. The number of halogens is 4. The van der Waals surface area contributed by atoms with Crippen LogP contribution in [0.2, 0.25) is 5.15 Å². The molecule has 3 nitrogen and oxygen atoms in total. The van der Waals surface area contributed by atoms with Gasteiger partial charge in [0.25, 0.3) is 5.91 Å². The van der Waals surface area contributed by atoms with E-state index in [1.54, 1.807) is 6.92 Å². The van der Waals surface area contributed by atoms with Gasteiger partial charge in [0.05, 0.1) is 16.8 Å². The van der Waals surface area contributed by atoms with Crippen LogP contribution in [0.5, 0.6) is 0 Å². The summed E-state index contributed by atoms with van der Waals surface area (Å²) < 4.78 is 38.6. The lowest BCUT2D eigenvalue weighted by molar-refractivity contribution is -0.137. The smallest absolute Gasteiger partial charge is 0.319 e. The van der Waals surface area contributed by atoms with E-state index in [9.17, 15) is 18.0 Å². The molecule has 2 aromatic rings. The number of amides is 1. The minimum Gasteiger partial charge on any atom is -0.319 e. The van der Waals surface area contributed by atoms with E-state index >= 15 is 0 Å². The number of nitrogens with zero attached hydrogens (tertiary/aromatic N) is 1. The molecule has 0 bridgehead atoms. The van der Waals surface area contributed by atoms with Crippen LogP contribution in [0.25, 0.3) is 0 Å². The summed E-state index contributed by atoms with van der Waals surface area (Å²) in [7, 11) is 0. The predicted octanol–water partition coefficient (Wildman–Crippen LogP) is 4.31.